The standard InChI is InChI=1S/C18H17N3O2/c1-12-5-3-6-15(13(12)2)20-14-8-9-17(19-11-14)21-18(22)16-7-4-10-23-16/h3-11,20H,1-2H3,(H,19,21,22). The predicted octanol–water partition coefficient (Wildman–Crippen LogP) is 4.29. The van der Waals surface area contributed by atoms with Crippen LogP contribution in [0.2, 0.25) is 0 Å². The molecule has 2 N–H and O–H groups in total. The van der Waals surface area contributed by atoms with Crippen LogP contribution in [-0.2, 0) is 0 Å². The number of amides is 1. The number of hydrogen-bond acceptors (Lipinski definition) is 4. The van der Waals surface area contributed by atoms with Crippen molar-refractivity contribution < 1.29 is 9.21 Å². The van der Waals surface area contributed by atoms with Gasteiger partial charge in [-0.25, -0.2) is 4.98 Å². The first-order valence-corrected chi connectivity index (χ1v) is 7.27. The van der Waals surface area contributed by atoms with Crippen LogP contribution in [0.15, 0.2) is 59.3 Å². The van der Waals surface area contributed by atoms with Crippen LogP contribution in [0.4, 0.5) is 17.2 Å². The molecule has 3 aromatic rings. The van der Waals surface area contributed by atoms with Crippen LogP contribution in [0.25, 0.3) is 0 Å². The van der Waals surface area contributed by atoms with Crippen LogP contribution >= 0.6 is 0 Å². The first kappa shape index (κ1) is 14.8. The molecule has 0 spiro atoms. The number of aromatic nitrogens is 1. The number of nitrogens with one attached hydrogen (secondary N) is 2. The lowest BCUT2D eigenvalue weighted by atomic mass is 10.1. The Kier molecular flexibility index (Phi) is 4.10. The maximum absolute atomic E-state index is 11.9. The molecule has 0 atom stereocenters. The molecule has 116 valence electrons. The lowest BCUT2D eigenvalue weighted by molar-refractivity contribution is 0.0996. The van der Waals surface area contributed by atoms with E-state index in [4.69, 9.17) is 4.42 Å². The van der Waals surface area contributed by atoms with Crippen molar-refractivity contribution in [2.24, 2.45) is 0 Å². The van der Waals surface area contributed by atoms with E-state index in [1.807, 2.05) is 18.2 Å². The summed E-state index contributed by atoms with van der Waals surface area (Å²) in [5, 5.41) is 6.01. The van der Waals surface area contributed by atoms with Gasteiger partial charge in [0.1, 0.15) is 5.82 Å². The summed E-state index contributed by atoms with van der Waals surface area (Å²) in [6.45, 7) is 4.15. The Hall–Kier alpha value is -3.08. The number of carbonyl (C=O) groups excluding carboxylic acids is 1. The summed E-state index contributed by atoms with van der Waals surface area (Å²) in [6, 6.07) is 13.0. The topological polar surface area (TPSA) is 67.2 Å². The van der Waals surface area contributed by atoms with E-state index in [9.17, 15) is 4.79 Å². The maximum Gasteiger partial charge on any atom is 0.292 e. The molecule has 1 aromatic carbocycles. The highest BCUT2D eigenvalue weighted by Crippen LogP contribution is 2.22. The van der Waals surface area contributed by atoms with Crippen LogP contribution < -0.4 is 10.6 Å². The van der Waals surface area contributed by atoms with Gasteiger partial charge in [-0.05, 0) is 55.3 Å². The molecule has 0 aliphatic carbocycles. The quantitative estimate of drug-likeness (QED) is 0.754. The first-order chi connectivity index (χ1) is 11.1. The van der Waals surface area contributed by atoms with Gasteiger partial charge in [0.15, 0.2) is 5.76 Å². The van der Waals surface area contributed by atoms with E-state index in [2.05, 4.69) is 35.5 Å². The Morgan fingerprint density at radius 1 is 1.09 bits per heavy atom. The minimum absolute atomic E-state index is 0.254. The second-order valence-corrected chi connectivity index (χ2v) is 5.24. The van der Waals surface area contributed by atoms with Crippen LogP contribution in [0.1, 0.15) is 21.7 Å². The molecule has 2 aromatic heterocycles. The number of nitrogens with zero attached hydrogens (tertiary/aromatic N) is 1. The van der Waals surface area contributed by atoms with E-state index >= 15 is 0 Å². The molecule has 23 heavy (non-hydrogen) atoms. The van der Waals surface area contributed by atoms with Gasteiger partial charge in [-0.3, -0.25) is 4.79 Å². The van der Waals surface area contributed by atoms with Gasteiger partial charge < -0.3 is 15.1 Å². The number of rotatable bonds is 4. The predicted molar refractivity (Wildman–Crippen MR) is 90.1 cm³/mol. The third kappa shape index (κ3) is 3.40. The van der Waals surface area contributed by atoms with Crippen molar-refractivity contribution in [3.8, 4) is 0 Å². The molecule has 0 unspecified atom stereocenters. The highest BCUT2D eigenvalue weighted by Gasteiger charge is 2.09. The van der Waals surface area contributed by atoms with Gasteiger partial charge in [0, 0.05) is 5.69 Å². The average Bonchev–Trinajstić information content (AvgIpc) is 3.08. The SMILES string of the molecule is Cc1cccc(Nc2ccc(NC(=O)c3ccco3)nc2)c1C. The fraction of sp³-hybridized carbons (Fsp3) is 0.111. The Balaban J connectivity index is 1.70. The van der Waals surface area contributed by atoms with Gasteiger partial charge in [-0.2, -0.15) is 0 Å². The van der Waals surface area contributed by atoms with Crippen molar-refractivity contribution >= 4 is 23.1 Å². The summed E-state index contributed by atoms with van der Waals surface area (Å²) in [5.74, 6) is 0.403. The minimum atomic E-state index is -0.322. The van der Waals surface area contributed by atoms with Crippen molar-refractivity contribution in [2.45, 2.75) is 13.8 Å². The van der Waals surface area contributed by atoms with E-state index in [0.717, 1.165) is 11.4 Å². The van der Waals surface area contributed by atoms with Crippen molar-refractivity contribution in [3.05, 3.63) is 71.8 Å². The van der Waals surface area contributed by atoms with Gasteiger partial charge in [-0.1, -0.05) is 12.1 Å². The number of carbonyl (C=O) groups is 1. The number of furan rings is 1. The summed E-state index contributed by atoms with van der Waals surface area (Å²) >= 11 is 0. The van der Waals surface area contributed by atoms with Crippen LogP contribution in [-0.4, -0.2) is 10.9 Å². The summed E-state index contributed by atoms with van der Waals surface area (Å²) in [6.07, 6.45) is 3.14. The first-order valence-electron chi connectivity index (χ1n) is 7.27. The number of aryl methyl sites for hydroxylation is 1. The van der Waals surface area contributed by atoms with Crippen molar-refractivity contribution in [2.75, 3.05) is 10.6 Å². The Morgan fingerprint density at radius 3 is 2.65 bits per heavy atom. The molecule has 5 nitrogen and oxygen atoms in total. The fourth-order valence-electron chi connectivity index (χ4n) is 2.17. The highest BCUT2D eigenvalue weighted by molar-refractivity contribution is 6.01. The average molecular weight is 307 g/mol. The Bertz CT molecular complexity index is 809. The Labute approximate surface area is 134 Å². The van der Waals surface area contributed by atoms with Crippen LogP contribution in [0.3, 0.4) is 0 Å². The Morgan fingerprint density at radius 2 is 1.96 bits per heavy atom. The third-order valence-corrected chi connectivity index (χ3v) is 3.63. The van der Waals surface area contributed by atoms with E-state index < -0.39 is 0 Å². The molecule has 5 heteroatoms. The van der Waals surface area contributed by atoms with Crippen molar-refractivity contribution in [1.82, 2.24) is 4.98 Å². The van der Waals surface area contributed by atoms with E-state index in [1.54, 1.807) is 24.4 Å². The zero-order chi connectivity index (χ0) is 16.2. The molecular formula is C18H17N3O2. The van der Waals surface area contributed by atoms with Gasteiger partial charge >= 0.3 is 0 Å². The second-order valence-electron chi connectivity index (χ2n) is 5.24. The summed E-state index contributed by atoms with van der Waals surface area (Å²) in [7, 11) is 0. The van der Waals surface area contributed by atoms with E-state index in [-0.39, 0.29) is 11.7 Å². The molecule has 0 saturated heterocycles. The number of hydrogen-bond donors (Lipinski definition) is 2. The third-order valence-electron chi connectivity index (χ3n) is 3.63. The van der Waals surface area contributed by atoms with Crippen LogP contribution in [0, 0.1) is 13.8 Å². The van der Waals surface area contributed by atoms with Gasteiger partial charge in [0.2, 0.25) is 0 Å². The molecule has 0 saturated carbocycles. The summed E-state index contributed by atoms with van der Waals surface area (Å²) in [4.78, 5) is 16.1. The van der Waals surface area contributed by atoms with Crippen LogP contribution in [0.5, 0.6) is 0 Å². The zero-order valence-corrected chi connectivity index (χ0v) is 13.0. The largest absolute Gasteiger partial charge is 0.459 e. The van der Waals surface area contributed by atoms with Crippen molar-refractivity contribution in [1.29, 1.82) is 0 Å². The lowest BCUT2D eigenvalue weighted by Crippen LogP contribution is -2.11. The highest BCUT2D eigenvalue weighted by atomic mass is 16.3. The molecule has 2 heterocycles. The summed E-state index contributed by atoms with van der Waals surface area (Å²) < 4.78 is 5.04. The fourth-order valence-corrected chi connectivity index (χ4v) is 2.17. The number of pyridine rings is 1. The molecule has 0 fully saturated rings. The number of benzene rings is 1. The molecule has 1 amide bonds. The molecule has 0 aliphatic heterocycles. The zero-order valence-electron chi connectivity index (χ0n) is 13.0. The molecule has 3 rings (SSSR count). The monoisotopic (exact) mass is 307 g/mol. The lowest BCUT2D eigenvalue weighted by Gasteiger charge is -2.11. The number of anilines is 3. The summed E-state index contributed by atoms with van der Waals surface area (Å²) in [5.41, 5.74) is 4.32. The molecule has 0 radical (unpaired) electrons. The molecule has 0 aliphatic rings. The van der Waals surface area contributed by atoms with Gasteiger partial charge in [-0.15, -0.1) is 0 Å². The van der Waals surface area contributed by atoms with Gasteiger partial charge in [0.05, 0.1) is 18.1 Å². The smallest absolute Gasteiger partial charge is 0.292 e. The van der Waals surface area contributed by atoms with Gasteiger partial charge in [0.25, 0.3) is 5.91 Å². The normalized spacial score (nSPS) is 10.3. The maximum atomic E-state index is 11.9. The molecular weight excluding hydrogens is 290 g/mol. The second kappa shape index (κ2) is 6.36. The van der Waals surface area contributed by atoms with E-state index in [1.165, 1.54) is 17.4 Å². The molecule has 0 bridgehead atoms. The van der Waals surface area contributed by atoms with Crippen molar-refractivity contribution in [3.63, 3.8) is 0 Å². The van der Waals surface area contributed by atoms with E-state index in [0.29, 0.717) is 5.82 Å². The minimum Gasteiger partial charge on any atom is -0.459 e.